The van der Waals surface area contributed by atoms with Crippen molar-refractivity contribution < 1.29 is 9.18 Å². The highest BCUT2D eigenvalue weighted by atomic mass is 19.1. The van der Waals surface area contributed by atoms with Crippen molar-refractivity contribution in [2.24, 2.45) is 5.10 Å². The molecule has 2 rings (SSSR count). The minimum Gasteiger partial charge on any atom is -0.267 e. The first-order chi connectivity index (χ1) is 10.4. The SMILES string of the molecule is CC(C)(C)c1ccc(C=NNC(=O)c2ccccc2F)cc1. The third-order valence-electron chi connectivity index (χ3n) is 3.27. The number of amides is 1. The van der Waals surface area contributed by atoms with Gasteiger partial charge in [-0.2, -0.15) is 5.10 Å². The zero-order valence-corrected chi connectivity index (χ0v) is 12.9. The third kappa shape index (κ3) is 4.01. The molecular weight excluding hydrogens is 279 g/mol. The van der Waals surface area contributed by atoms with Gasteiger partial charge in [0.05, 0.1) is 11.8 Å². The fraction of sp³-hybridized carbons (Fsp3) is 0.222. The van der Waals surface area contributed by atoms with Gasteiger partial charge in [0, 0.05) is 0 Å². The average Bonchev–Trinajstić information content (AvgIpc) is 2.47. The summed E-state index contributed by atoms with van der Waals surface area (Å²) in [4.78, 5) is 11.8. The number of rotatable bonds is 3. The smallest absolute Gasteiger partial charge is 0.267 e. The fourth-order valence-corrected chi connectivity index (χ4v) is 1.94. The highest BCUT2D eigenvalue weighted by Gasteiger charge is 2.12. The lowest BCUT2D eigenvalue weighted by molar-refractivity contribution is 0.0951. The van der Waals surface area contributed by atoms with Crippen LogP contribution in [-0.4, -0.2) is 12.1 Å². The van der Waals surface area contributed by atoms with Gasteiger partial charge < -0.3 is 0 Å². The molecule has 3 nitrogen and oxygen atoms in total. The maximum absolute atomic E-state index is 13.4. The van der Waals surface area contributed by atoms with Crippen molar-refractivity contribution in [1.29, 1.82) is 0 Å². The second-order valence-corrected chi connectivity index (χ2v) is 6.05. The topological polar surface area (TPSA) is 41.5 Å². The number of nitrogens with zero attached hydrogens (tertiary/aromatic N) is 1. The predicted octanol–water partition coefficient (Wildman–Crippen LogP) is 3.89. The molecule has 22 heavy (non-hydrogen) atoms. The number of carbonyl (C=O) groups is 1. The molecule has 4 heteroatoms. The van der Waals surface area contributed by atoms with Crippen molar-refractivity contribution in [2.75, 3.05) is 0 Å². The molecular formula is C18H19FN2O. The van der Waals surface area contributed by atoms with Gasteiger partial charge >= 0.3 is 0 Å². The van der Waals surface area contributed by atoms with Crippen LogP contribution in [0.2, 0.25) is 0 Å². The molecule has 0 aromatic heterocycles. The molecule has 1 amide bonds. The summed E-state index contributed by atoms with van der Waals surface area (Å²) < 4.78 is 13.4. The van der Waals surface area contributed by atoms with E-state index in [2.05, 4.69) is 31.3 Å². The van der Waals surface area contributed by atoms with E-state index in [1.54, 1.807) is 6.07 Å². The van der Waals surface area contributed by atoms with Crippen LogP contribution in [0, 0.1) is 5.82 Å². The summed E-state index contributed by atoms with van der Waals surface area (Å²) in [6.07, 6.45) is 1.53. The summed E-state index contributed by atoms with van der Waals surface area (Å²) in [6.45, 7) is 6.43. The van der Waals surface area contributed by atoms with Crippen LogP contribution in [0.4, 0.5) is 4.39 Å². The Balaban J connectivity index is 2.01. The molecule has 0 saturated heterocycles. The Morgan fingerprint density at radius 1 is 1.09 bits per heavy atom. The molecule has 0 saturated carbocycles. The van der Waals surface area contributed by atoms with Crippen LogP contribution in [0.25, 0.3) is 0 Å². The van der Waals surface area contributed by atoms with E-state index in [0.717, 1.165) is 5.56 Å². The summed E-state index contributed by atoms with van der Waals surface area (Å²) in [5.74, 6) is -1.13. The number of halogens is 1. The summed E-state index contributed by atoms with van der Waals surface area (Å²) in [5, 5.41) is 3.86. The first-order valence-corrected chi connectivity index (χ1v) is 7.06. The lowest BCUT2D eigenvalue weighted by Gasteiger charge is -2.18. The zero-order valence-electron chi connectivity index (χ0n) is 12.9. The van der Waals surface area contributed by atoms with E-state index in [-0.39, 0.29) is 11.0 Å². The fourth-order valence-electron chi connectivity index (χ4n) is 1.94. The number of hydrogen-bond donors (Lipinski definition) is 1. The van der Waals surface area contributed by atoms with Crippen LogP contribution in [0.5, 0.6) is 0 Å². The van der Waals surface area contributed by atoms with Gasteiger partial charge in [0.1, 0.15) is 5.82 Å². The van der Waals surface area contributed by atoms with Gasteiger partial charge in [-0.3, -0.25) is 4.79 Å². The Morgan fingerprint density at radius 3 is 2.32 bits per heavy atom. The van der Waals surface area contributed by atoms with Crippen molar-refractivity contribution in [1.82, 2.24) is 5.43 Å². The van der Waals surface area contributed by atoms with Crippen molar-refractivity contribution in [3.05, 3.63) is 71.0 Å². The second-order valence-electron chi connectivity index (χ2n) is 6.05. The van der Waals surface area contributed by atoms with Crippen LogP contribution in [-0.2, 0) is 5.41 Å². The van der Waals surface area contributed by atoms with E-state index in [4.69, 9.17) is 0 Å². The molecule has 1 N–H and O–H groups in total. The van der Waals surface area contributed by atoms with Crippen LogP contribution in [0.3, 0.4) is 0 Å². The van der Waals surface area contributed by atoms with E-state index >= 15 is 0 Å². The minimum absolute atomic E-state index is 0.0252. The third-order valence-corrected chi connectivity index (χ3v) is 3.27. The number of hydrogen-bond acceptors (Lipinski definition) is 2. The highest BCUT2D eigenvalue weighted by molar-refractivity contribution is 5.95. The van der Waals surface area contributed by atoms with Gasteiger partial charge in [-0.05, 0) is 28.7 Å². The largest absolute Gasteiger partial charge is 0.274 e. The molecule has 0 spiro atoms. The molecule has 0 heterocycles. The average molecular weight is 298 g/mol. The molecule has 0 bridgehead atoms. The number of carbonyl (C=O) groups excluding carboxylic acids is 1. The van der Waals surface area contributed by atoms with E-state index in [0.29, 0.717) is 0 Å². The molecule has 0 aliphatic carbocycles. The van der Waals surface area contributed by atoms with E-state index < -0.39 is 11.7 Å². The minimum atomic E-state index is -0.569. The number of hydrazone groups is 1. The number of benzene rings is 2. The van der Waals surface area contributed by atoms with Gasteiger partial charge in [0.2, 0.25) is 0 Å². The van der Waals surface area contributed by atoms with Crippen molar-refractivity contribution in [3.8, 4) is 0 Å². The molecule has 2 aromatic carbocycles. The molecule has 2 aromatic rings. The molecule has 0 unspecified atom stereocenters. The standard InChI is InChI=1S/C18H19FN2O/c1-18(2,3)14-10-8-13(9-11-14)12-20-21-17(22)15-6-4-5-7-16(15)19/h4-12H,1-3H3,(H,21,22). The molecule has 0 aliphatic rings. The van der Waals surface area contributed by atoms with Crippen molar-refractivity contribution in [2.45, 2.75) is 26.2 Å². The Morgan fingerprint density at radius 2 is 1.73 bits per heavy atom. The normalized spacial score (nSPS) is 11.6. The molecule has 114 valence electrons. The van der Waals surface area contributed by atoms with Gasteiger partial charge in [-0.1, -0.05) is 57.2 Å². The Labute approximate surface area is 129 Å². The number of nitrogens with one attached hydrogen (secondary N) is 1. The van der Waals surface area contributed by atoms with Crippen LogP contribution < -0.4 is 5.43 Å². The lowest BCUT2D eigenvalue weighted by Crippen LogP contribution is -2.18. The van der Waals surface area contributed by atoms with Crippen molar-refractivity contribution >= 4 is 12.1 Å². The molecule has 0 fully saturated rings. The maximum atomic E-state index is 13.4. The zero-order chi connectivity index (χ0) is 16.2. The van der Waals surface area contributed by atoms with Gasteiger partial charge in [0.15, 0.2) is 0 Å². The monoisotopic (exact) mass is 298 g/mol. The Kier molecular flexibility index (Phi) is 4.71. The van der Waals surface area contributed by atoms with Gasteiger partial charge in [-0.25, -0.2) is 9.82 Å². The molecule has 0 aliphatic heterocycles. The summed E-state index contributed by atoms with van der Waals surface area (Å²) in [7, 11) is 0. The quantitative estimate of drug-likeness (QED) is 0.678. The second kappa shape index (κ2) is 6.52. The Bertz CT molecular complexity index is 685. The summed E-state index contributed by atoms with van der Waals surface area (Å²) >= 11 is 0. The maximum Gasteiger partial charge on any atom is 0.274 e. The summed E-state index contributed by atoms with van der Waals surface area (Å²) in [5.41, 5.74) is 4.48. The van der Waals surface area contributed by atoms with Crippen LogP contribution >= 0.6 is 0 Å². The lowest BCUT2D eigenvalue weighted by atomic mass is 9.87. The summed E-state index contributed by atoms with van der Waals surface area (Å²) in [6, 6.07) is 13.7. The van der Waals surface area contributed by atoms with Gasteiger partial charge in [-0.15, -0.1) is 0 Å². The van der Waals surface area contributed by atoms with E-state index in [9.17, 15) is 9.18 Å². The van der Waals surface area contributed by atoms with E-state index in [1.807, 2.05) is 24.3 Å². The molecule has 0 atom stereocenters. The van der Waals surface area contributed by atoms with Crippen LogP contribution in [0.15, 0.2) is 53.6 Å². The molecule has 0 radical (unpaired) electrons. The first kappa shape index (κ1) is 15.9. The highest BCUT2D eigenvalue weighted by Crippen LogP contribution is 2.21. The predicted molar refractivity (Wildman–Crippen MR) is 86.6 cm³/mol. The van der Waals surface area contributed by atoms with Crippen molar-refractivity contribution in [3.63, 3.8) is 0 Å². The first-order valence-electron chi connectivity index (χ1n) is 7.06. The van der Waals surface area contributed by atoms with Gasteiger partial charge in [0.25, 0.3) is 5.91 Å². The van der Waals surface area contributed by atoms with Crippen LogP contribution in [0.1, 0.15) is 42.3 Å². The van der Waals surface area contributed by atoms with E-state index in [1.165, 1.54) is 30.0 Å². The Hall–Kier alpha value is -2.49.